The predicted octanol–water partition coefficient (Wildman–Crippen LogP) is 0.904. The van der Waals surface area contributed by atoms with Gasteiger partial charge in [-0.1, -0.05) is 0 Å². The van der Waals surface area contributed by atoms with E-state index in [4.69, 9.17) is 4.91 Å². The van der Waals surface area contributed by atoms with Crippen molar-refractivity contribution in [3.63, 3.8) is 0 Å². The van der Waals surface area contributed by atoms with E-state index in [9.17, 15) is 0 Å². The van der Waals surface area contributed by atoms with E-state index in [-0.39, 0.29) is 16.8 Å². The molecule has 0 amide bonds. The number of halogens is 1. The van der Waals surface area contributed by atoms with Crippen molar-refractivity contribution in [2.45, 2.75) is 0 Å². The molecule has 0 N–H and O–H groups in total. The summed E-state index contributed by atoms with van der Waals surface area (Å²) in [5.74, 6) is 0. The molecule has 0 aliphatic rings. The number of hydrogen-bond acceptors (Lipinski definition) is 2. The van der Waals surface area contributed by atoms with Gasteiger partial charge in [0.1, 0.15) is 0 Å². The average Bonchev–Trinajstić information content (AvgIpc) is 0.918. The fourth-order valence-corrected chi connectivity index (χ4v) is 0. The molecule has 0 saturated heterocycles. The van der Waals surface area contributed by atoms with E-state index in [1.54, 1.807) is 4.70 Å². The van der Waals surface area contributed by atoms with Crippen molar-refractivity contribution < 1.29 is 16.8 Å². The topological polar surface area (TPSA) is 29.4 Å². The summed E-state index contributed by atoms with van der Waals surface area (Å²) in [6.45, 7) is 0. The van der Waals surface area contributed by atoms with Gasteiger partial charge in [0.15, 0.2) is 0 Å². The van der Waals surface area contributed by atoms with Crippen molar-refractivity contribution in [3.05, 3.63) is 4.91 Å². The van der Waals surface area contributed by atoms with Gasteiger partial charge in [-0.2, -0.15) is 0 Å². The summed E-state index contributed by atoms with van der Waals surface area (Å²) < 4.78 is 1.72. The fraction of sp³-hybridized carbons (Fsp3) is 0. The van der Waals surface area contributed by atoms with Crippen LogP contribution >= 0.6 is 11.8 Å². The van der Waals surface area contributed by atoms with Gasteiger partial charge in [-0.15, -0.1) is 4.91 Å². The minimum Gasteiger partial charge on any atom is -0.131 e. The van der Waals surface area contributed by atoms with Gasteiger partial charge in [-0.25, -0.2) is 0 Å². The molecule has 4 heteroatoms. The molecule has 2 nitrogen and oxygen atoms in total. The Labute approximate surface area is 38.8 Å². The van der Waals surface area contributed by atoms with Crippen LogP contribution in [-0.2, 0) is 16.8 Å². The third-order valence-electron chi connectivity index (χ3n) is 0. The molecule has 0 saturated carbocycles. The standard InChI is InChI=1S/ClNO.Co/c1-2-3;. The van der Waals surface area contributed by atoms with E-state index < -0.39 is 0 Å². The van der Waals surface area contributed by atoms with Gasteiger partial charge in [0.2, 0.25) is 0 Å². The monoisotopic (exact) mass is 124 g/mol. The van der Waals surface area contributed by atoms with Crippen LogP contribution in [0.5, 0.6) is 0 Å². The zero-order chi connectivity index (χ0) is 2.71. The molecular formula is ClCoNO. The second-order valence-corrected chi connectivity index (χ2v) is 0.207. The Morgan fingerprint density at radius 3 is 1.75 bits per heavy atom. The third kappa shape index (κ3) is 29.7. The molecule has 0 fully saturated rings. The minimum absolute atomic E-state index is 0. The van der Waals surface area contributed by atoms with Crippen LogP contribution in [0.4, 0.5) is 0 Å². The van der Waals surface area contributed by atoms with E-state index in [1.807, 2.05) is 0 Å². The molecule has 0 rings (SSSR count). The minimum atomic E-state index is 0. The Bertz CT molecular complexity index is 15.5. The summed E-state index contributed by atoms with van der Waals surface area (Å²) in [5.41, 5.74) is 0. The Balaban J connectivity index is 0. The summed E-state index contributed by atoms with van der Waals surface area (Å²) in [6.07, 6.45) is 0. The molecule has 0 aromatic carbocycles. The Morgan fingerprint density at radius 1 is 1.75 bits per heavy atom. The van der Waals surface area contributed by atoms with Gasteiger partial charge in [0, 0.05) is 21.5 Å². The number of rotatable bonds is 0. The average molecular weight is 124 g/mol. The molecule has 27 valence electrons. The molecule has 4 heavy (non-hydrogen) atoms. The maximum absolute atomic E-state index is 8.32. The van der Waals surface area contributed by atoms with Crippen molar-refractivity contribution in [1.29, 1.82) is 0 Å². The van der Waals surface area contributed by atoms with Crippen LogP contribution in [0.15, 0.2) is 4.70 Å². The van der Waals surface area contributed by atoms with E-state index in [0.29, 0.717) is 0 Å². The number of hydrogen-bond donors (Lipinski definition) is 0. The molecule has 0 aromatic heterocycles. The summed E-state index contributed by atoms with van der Waals surface area (Å²) in [5, 5.41) is 0. The van der Waals surface area contributed by atoms with Crippen LogP contribution in [0, 0.1) is 4.91 Å². The molecule has 1 radical (unpaired) electrons. The summed E-state index contributed by atoms with van der Waals surface area (Å²) in [7, 11) is 0. The maximum Gasteiger partial charge on any atom is 0.0835 e. The van der Waals surface area contributed by atoms with Gasteiger partial charge < -0.3 is 0 Å². The van der Waals surface area contributed by atoms with Crippen LogP contribution in [0.2, 0.25) is 0 Å². The van der Waals surface area contributed by atoms with Gasteiger partial charge in [-0.3, -0.25) is 0 Å². The summed E-state index contributed by atoms with van der Waals surface area (Å²) >= 11 is 4.07. The van der Waals surface area contributed by atoms with Gasteiger partial charge >= 0.3 is 0 Å². The number of nitrogens with zero attached hydrogens (tertiary/aromatic N) is 1. The molecule has 0 aromatic rings. The van der Waals surface area contributed by atoms with Crippen LogP contribution < -0.4 is 0 Å². The molecule has 0 bridgehead atoms. The first-order valence-electron chi connectivity index (χ1n) is 0.352. The first-order chi connectivity index (χ1) is 1.41. The second kappa shape index (κ2) is 10.0. The molecule has 0 aliphatic heterocycles. The normalized spacial score (nSPS) is 3.25. The van der Waals surface area contributed by atoms with E-state index in [1.165, 1.54) is 0 Å². The van der Waals surface area contributed by atoms with Crippen molar-refractivity contribution in [1.82, 2.24) is 0 Å². The molecule has 0 spiro atoms. The molecule has 0 unspecified atom stereocenters. The number of nitroso groups, excluding NO2 is 1. The van der Waals surface area contributed by atoms with Crippen LogP contribution in [0.1, 0.15) is 0 Å². The van der Waals surface area contributed by atoms with Crippen molar-refractivity contribution in [2.75, 3.05) is 0 Å². The van der Waals surface area contributed by atoms with Crippen molar-refractivity contribution in [3.8, 4) is 0 Å². The second-order valence-electron chi connectivity index (χ2n) is 0.0690. The SMILES string of the molecule is O=NCl.[Co]. The van der Waals surface area contributed by atoms with E-state index in [0.717, 1.165) is 0 Å². The zero-order valence-electron chi connectivity index (χ0n) is 1.57. The maximum atomic E-state index is 8.32. The van der Waals surface area contributed by atoms with E-state index >= 15 is 0 Å². The zero-order valence-corrected chi connectivity index (χ0v) is 3.36. The van der Waals surface area contributed by atoms with Crippen LogP contribution in [-0.4, -0.2) is 0 Å². The van der Waals surface area contributed by atoms with E-state index in [2.05, 4.69) is 11.8 Å². The first-order valence-corrected chi connectivity index (χ1v) is 0.690. The first kappa shape index (κ1) is 8.83. The quantitative estimate of drug-likeness (QED) is 0.441. The smallest absolute Gasteiger partial charge is 0.0835 e. The Kier molecular flexibility index (Phi) is 22.1. The Morgan fingerprint density at radius 2 is 1.75 bits per heavy atom. The van der Waals surface area contributed by atoms with Gasteiger partial charge in [0.05, 0.1) is 11.8 Å². The largest absolute Gasteiger partial charge is 0.131 e. The predicted molar refractivity (Wildman–Crippen MR) is 11.6 cm³/mol. The van der Waals surface area contributed by atoms with Crippen molar-refractivity contribution >= 4 is 11.8 Å². The molecule has 0 heterocycles. The summed E-state index contributed by atoms with van der Waals surface area (Å²) in [6, 6.07) is 0. The van der Waals surface area contributed by atoms with Crippen molar-refractivity contribution in [2.24, 2.45) is 4.70 Å². The third-order valence-corrected chi connectivity index (χ3v) is 0. The fourth-order valence-electron chi connectivity index (χ4n) is 0. The van der Waals surface area contributed by atoms with Crippen LogP contribution in [0.3, 0.4) is 0 Å². The summed E-state index contributed by atoms with van der Waals surface area (Å²) in [4.78, 5) is 8.32. The van der Waals surface area contributed by atoms with Gasteiger partial charge in [-0.05, 0) is 0 Å². The van der Waals surface area contributed by atoms with Crippen LogP contribution in [0.25, 0.3) is 0 Å². The molecule has 0 atom stereocenters. The molecule has 0 aliphatic carbocycles. The Hall–Kier alpha value is 0.396. The van der Waals surface area contributed by atoms with Gasteiger partial charge in [0.25, 0.3) is 0 Å². The molecular weight excluding hydrogens is 124 g/mol.